The first-order chi connectivity index (χ1) is 8.04. The number of ether oxygens (including phenoxy) is 1. The normalized spacial score (nSPS) is 38.4. The van der Waals surface area contributed by atoms with Crippen LogP contribution in [-0.2, 0) is 9.53 Å². The van der Waals surface area contributed by atoms with E-state index in [9.17, 15) is 15.0 Å². The number of carbonyl (C=O) groups excluding carboxylic acids is 1. The zero-order valence-electron chi connectivity index (χ0n) is 8.89. The van der Waals surface area contributed by atoms with E-state index in [0.29, 0.717) is 12.1 Å². The fourth-order valence-electron chi connectivity index (χ4n) is 1.78. The zero-order valence-corrected chi connectivity index (χ0v) is 10.6. The molecule has 96 valence electrons. The van der Waals surface area contributed by atoms with Crippen molar-refractivity contribution < 1.29 is 24.9 Å². The van der Waals surface area contributed by atoms with Crippen LogP contribution in [0.4, 0.5) is 0 Å². The average Bonchev–Trinajstić information content (AvgIpc) is 2.87. The van der Waals surface area contributed by atoms with E-state index in [1.807, 2.05) is 0 Å². The molecule has 0 radical (unpaired) electrons. The Morgan fingerprint density at radius 3 is 2.76 bits per heavy atom. The van der Waals surface area contributed by atoms with E-state index in [4.69, 9.17) is 15.6 Å². The molecule has 2 aliphatic rings. The standard InChI is InChI=1S/C9H14N2O5Se/c10-8(15)4-1-11(17-3-4)9-7(14)6(13)5(2-12)16-9/h3,5-7,9,12-14H,1-2H2,(H2,10,15). The van der Waals surface area contributed by atoms with Crippen LogP contribution in [0.1, 0.15) is 0 Å². The molecule has 0 aromatic heterocycles. The Labute approximate surface area is 104 Å². The molecule has 0 saturated carbocycles. The van der Waals surface area contributed by atoms with Crippen molar-refractivity contribution >= 4 is 21.1 Å². The van der Waals surface area contributed by atoms with Gasteiger partial charge in [0.25, 0.3) is 0 Å². The van der Waals surface area contributed by atoms with Crippen LogP contribution in [-0.4, -0.2) is 78.0 Å². The van der Waals surface area contributed by atoms with E-state index in [0.717, 1.165) is 0 Å². The second kappa shape index (κ2) is 5.03. The van der Waals surface area contributed by atoms with Gasteiger partial charge >= 0.3 is 104 Å². The van der Waals surface area contributed by atoms with E-state index in [2.05, 4.69) is 0 Å². The summed E-state index contributed by atoms with van der Waals surface area (Å²) in [5, 5.41) is 28.3. The van der Waals surface area contributed by atoms with Crippen molar-refractivity contribution in [1.82, 2.24) is 3.92 Å². The predicted molar refractivity (Wildman–Crippen MR) is 57.5 cm³/mol. The van der Waals surface area contributed by atoms with Crippen LogP contribution in [0, 0.1) is 0 Å². The van der Waals surface area contributed by atoms with Gasteiger partial charge < -0.3 is 0 Å². The van der Waals surface area contributed by atoms with E-state index in [-0.39, 0.29) is 21.8 Å². The van der Waals surface area contributed by atoms with Crippen molar-refractivity contribution in [2.75, 3.05) is 13.2 Å². The summed E-state index contributed by atoms with van der Waals surface area (Å²) in [5.74, 6) is -0.485. The number of hydrogen-bond donors (Lipinski definition) is 4. The number of aliphatic hydroxyl groups excluding tert-OH is 3. The van der Waals surface area contributed by atoms with Crippen molar-refractivity contribution in [2.45, 2.75) is 24.5 Å². The fraction of sp³-hybridized carbons (Fsp3) is 0.667. The molecule has 1 saturated heterocycles. The number of aliphatic hydroxyl groups is 3. The Morgan fingerprint density at radius 1 is 1.59 bits per heavy atom. The molecule has 0 bridgehead atoms. The Bertz CT molecular complexity index is 350. The summed E-state index contributed by atoms with van der Waals surface area (Å²) in [4.78, 5) is 12.7. The van der Waals surface area contributed by atoms with E-state index < -0.39 is 30.4 Å². The van der Waals surface area contributed by atoms with Gasteiger partial charge in [0.2, 0.25) is 0 Å². The van der Waals surface area contributed by atoms with Gasteiger partial charge in [0.05, 0.1) is 0 Å². The third kappa shape index (κ3) is 2.38. The molecule has 5 N–H and O–H groups in total. The minimum atomic E-state index is -1.11. The Hall–Kier alpha value is -0.471. The summed E-state index contributed by atoms with van der Waals surface area (Å²) in [6.45, 7) is -0.0480. The van der Waals surface area contributed by atoms with Crippen molar-refractivity contribution in [3.63, 3.8) is 0 Å². The van der Waals surface area contributed by atoms with Crippen LogP contribution in [0.3, 0.4) is 0 Å². The van der Waals surface area contributed by atoms with Crippen LogP contribution in [0.15, 0.2) is 10.5 Å². The van der Waals surface area contributed by atoms with Gasteiger partial charge in [-0.2, -0.15) is 0 Å². The van der Waals surface area contributed by atoms with Gasteiger partial charge in [-0.15, -0.1) is 0 Å². The number of hydrogen-bond acceptors (Lipinski definition) is 6. The maximum atomic E-state index is 11.0. The average molecular weight is 309 g/mol. The van der Waals surface area contributed by atoms with Crippen molar-refractivity contribution in [1.29, 1.82) is 0 Å². The molecule has 2 aliphatic heterocycles. The number of nitrogens with zero attached hydrogens (tertiary/aromatic N) is 1. The number of rotatable bonds is 3. The summed E-state index contributed by atoms with van der Waals surface area (Å²) in [6.07, 6.45) is -3.69. The van der Waals surface area contributed by atoms with Crippen LogP contribution < -0.4 is 5.73 Å². The van der Waals surface area contributed by atoms with Gasteiger partial charge in [-0.3, -0.25) is 0 Å². The van der Waals surface area contributed by atoms with Gasteiger partial charge in [0.1, 0.15) is 0 Å². The number of primary amides is 1. The van der Waals surface area contributed by atoms with E-state index >= 15 is 0 Å². The second-order valence-electron chi connectivity index (χ2n) is 3.92. The summed E-state index contributed by atoms with van der Waals surface area (Å²) in [7, 11) is 0. The van der Waals surface area contributed by atoms with Crippen molar-refractivity contribution in [3.8, 4) is 0 Å². The quantitative estimate of drug-likeness (QED) is 0.407. The summed E-state index contributed by atoms with van der Waals surface area (Å²) >= 11 is -0.153. The predicted octanol–water partition coefficient (Wildman–Crippen LogP) is -3.27. The first kappa shape index (κ1) is 13.0. The third-order valence-corrected chi connectivity index (χ3v) is 4.87. The molecule has 17 heavy (non-hydrogen) atoms. The Morgan fingerprint density at radius 2 is 2.29 bits per heavy atom. The third-order valence-electron chi connectivity index (χ3n) is 2.77. The van der Waals surface area contributed by atoms with Gasteiger partial charge in [-0.05, 0) is 0 Å². The molecular formula is C9H14N2O5Se. The minimum absolute atomic E-state index is 0.153. The summed E-state index contributed by atoms with van der Waals surface area (Å²) < 4.78 is 7.10. The first-order valence-corrected chi connectivity index (χ1v) is 6.85. The molecule has 8 heteroatoms. The summed E-state index contributed by atoms with van der Waals surface area (Å²) in [6, 6.07) is 0. The molecule has 1 amide bonds. The van der Waals surface area contributed by atoms with Crippen molar-refractivity contribution in [2.24, 2.45) is 5.73 Å². The molecule has 4 atom stereocenters. The van der Waals surface area contributed by atoms with Crippen molar-refractivity contribution in [3.05, 3.63) is 10.5 Å². The number of amides is 1. The molecule has 7 nitrogen and oxygen atoms in total. The van der Waals surface area contributed by atoms with Crippen LogP contribution in [0.5, 0.6) is 0 Å². The fourth-order valence-corrected chi connectivity index (χ4v) is 3.79. The maximum absolute atomic E-state index is 11.0. The first-order valence-electron chi connectivity index (χ1n) is 5.09. The molecular weight excluding hydrogens is 295 g/mol. The number of nitrogens with two attached hydrogens (primary N) is 1. The van der Waals surface area contributed by atoms with E-state index in [1.54, 1.807) is 8.89 Å². The molecule has 4 unspecified atom stereocenters. The molecule has 0 spiro atoms. The second-order valence-corrected chi connectivity index (χ2v) is 5.84. The van der Waals surface area contributed by atoms with Crippen LogP contribution in [0.25, 0.3) is 0 Å². The zero-order chi connectivity index (χ0) is 12.6. The molecule has 0 aromatic carbocycles. The topological polar surface area (TPSA) is 116 Å². The Balaban J connectivity index is 2.00. The van der Waals surface area contributed by atoms with Gasteiger partial charge in [-0.25, -0.2) is 0 Å². The summed E-state index contributed by atoms with van der Waals surface area (Å²) in [5.41, 5.74) is 5.65. The monoisotopic (exact) mass is 310 g/mol. The van der Waals surface area contributed by atoms with Crippen LogP contribution in [0.2, 0.25) is 0 Å². The molecule has 0 aromatic rings. The van der Waals surface area contributed by atoms with Gasteiger partial charge in [0, 0.05) is 0 Å². The van der Waals surface area contributed by atoms with Gasteiger partial charge in [0.15, 0.2) is 0 Å². The van der Waals surface area contributed by atoms with Gasteiger partial charge in [-0.1, -0.05) is 0 Å². The van der Waals surface area contributed by atoms with Crippen LogP contribution >= 0.6 is 0 Å². The molecule has 2 rings (SSSR count). The Kier molecular flexibility index (Phi) is 3.84. The molecule has 0 aliphatic carbocycles. The molecule has 2 heterocycles. The van der Waals surface area contributed by atoms with E-state index in [1.165, 1.54) is 0 Å². The number of carbonyl (C=O) groups is 1. The molecule has 1 fully saturated rings. The SMILES string of the molecule is NC(=O)C1=C[Se]N(C2OC(CO)C(O)C2O)C1.